The molecule has 0 aromatic heterocycles. The monoisotopic (exact) mass is 411 g/mol. The van der Waals surface area contributed by atoms with E-state index in [0.717, 1.165) is 5.70 Å². The van der Waals surface area contributed by atoms with Crippen molar-refractivity contribution >= 4 is 17.4 Å². The van der Waals surface area contributed by atoms with Gasteiger partial charge in [-0.25, -0.2) is 0 Å². The van der Waals surface area contributed by atoms with Crippen LogP contribution >= 0.6 is 0 Å². The summed E-state index contributed by atoms with van der Waals surface area (Å²) in [5, 5.41) is 14.7. The van der Waals surface area contributed by atoms with Crippen LogP contribution in [0.3, 0.4) is 0 Å². The Morgan fingerprint density at radius 1 is 1.30 bits per heavy atom. The van der Waals surface area contributed by atoms with Gasteiger partial charge in [-0.1, -0.05) is 26.0 Å². The molecule has 0 spiro atoms. The number of ketones is 1. The van der Waals surface area contributed by atoms with Crippen LogP contribution in [0.25, 0.3) is 0 Å². The van der Waals surface area contributed by atoms with Gasteiger partial charge in [0.2, 0.25) is 0 Å². The van der Waals surface area contributed by atoms with Crippen molar-refractivity contribution in [2.45, 2.75) is 53.4 Å². The van der Waals surface area contributed by atoms with Crippen LogP contribution in [-0.2, 0) is 9.59 Å². The number of hydrogen-bond donors (Lipinski definition) is 1. The van der Waals surface area contributed by atoms with Crippen LogP contribution in [-0.4, -0.2) is 34.6 Å². The molecule has 1 aliphatic heterocycles. The van der Waals surface area contributed by atoms with Gasteiger partial charge in [-0.15, -0.1) is 0 Å². The Morgan fingerprint density at radius 3 is 2.57 bits per heavy atom. The molecule has 0 unspecified atom stereocenters. The number of amides is 1. The molecule has 0 saturated carbocycles. The first-order chi connectivity index (χ1) is 14.1. The van der Waals surface area contributed by atoms with Gasteiger partial charge in [0.1, 0.15) is 0 Å². The number of carbonyl (C=O) groups is 2. The normalized spacial score (nSPS) is 20.6. The molecule has 30 heavy (non-hydrogen) atoms. The molecule has 0 fully saturated rings. The summed E-state index contributed by atoms with van der Waals surface area (Å²) in [6.07, 6.45) is 1.41. The number of nitrogens with zero attached hydrogens (tertiary/aromatic N) is 2. The Balaban J connectivity index is 2.24. The fourth-order valence-electron chi connectivity index (χ4n) is 4.39. The summed E-state index contributed by atoms with van der Waals surface area (Å²) in [5.74, 6) is -0.782. The number of allylic oxidation sites excluding steroid dienone is 3. The second kappa shape index (κ2) is 8.05. The van der Waals surface area contributed by atoms with Crippen LogP contribution < -0.4 is 5.32 Å². The van der Waals surface area contributed by atoms with E-state index in [2.05, 4.69) is 5.32 Å². The summed E-state index contributed by atoms with van der Waals surface area (Å²) < 4.78 is 0. The van der Waals surface area contributed by atoms with Crippen LogP contribution in [0, 0.1) is 15.5 Å². The highest BCUT2D eigenvalue weighted by atomic mass is 16.6. The first-order valence-corrected chi connectivity index (χ1v) is 10.4. The fourth-order valence-corrected chi connectivity index (χ4v) is 4.39. The number of carbonyl (C=O) groups excluding carboxylic acids is 2. The van der Waals surface area contributed by atoms with E-state index < -0.39 is 16.3 Å². The molecule has 0 bridgehead atoms. The van der Waals surface area contributed by atoms with Crippen molar-refractivity contribution in [2.75, 3.05) is 13.1 Å². The van der Waals surface area contributed by atoms with E-state index in [4.69, 9.17) is 0 Å². The highest BCUT2D eigenvalue weighted by Gasteiger charge is 2.45. The maximum Gasteiger partial charge on any atom is 0.269 e. The molecule has 1 aromatic rings. The molecule has 0 radical (unpaired) electrons. The van der Waals surface area contributed by atoms with E-state index in [-0.39, 0.29) is 17.4 Å². The molecular formula is C23H29N3O4. The molecule has 1 heterocycles. The van der Waals surface area contributed by atoms with Crippen molar-refractivity contribution in [1.29, 1.82) is 0 Å². The molecule has 1 N–H and O–H groups in total. The third kappa shape index (κ3) is 3.64. The summed E-state index contributed by atoms with van der Waals surface area (Å²) in [6.45, 7) is 10.6. The molecular weight excluding hydrogens is 382 g/mol. The summed E-state index contributed by atoms with van der Waals surface area (Å²) >= 11 is 0. The third-order valence-corrected chi connectivity index (χ3v) is 6.20. The lowest BCUT2D eigenvalue weighted by molar-refractivity contribution is -0.384. The van der Waals surface area contributed by atoms with Crippen molar-refractivity contribution in [3.63, 3.8) is 0 Å². The Hall–Kier alpha value is -2.96. The average Bonchev–Trinajstić information content (AvgIpc) is 2.71. The predicted molar refractivity (Wildman–Crippen MR) is 115 cm³/mol. The molecule has 1 aromatic carbocycles. The number of dihydropyridines is 1. The molecule has 0 saturated heterocycles. The third-order valence-electron chi connectivity index (χ3n) is 6.20. The van der Waals surface area contributed by atoms with Crippen molar-refractivity contribution in [3.05, 3.63) is 62.5 Å². The minimum atomic E-state index is -0.624. The fraction of sp³-hybridized carbons (Fsp3) is 0.478. The number of non-ortho nitro benzene ring substituents is 1. The Bertz CT molecular complexity index is 970. The van der Waals surface area contributed by atoms with Crippen LogP contribution in [0.1, 0.15) is 58.9 Å². The number of rotatable bonds is 5. The topological polar surface area (TPSA) is 92.6 Å². The van der Waals surface area contributed by atoms with E-state index in [1.54, 1.807) is 17.0 Å². The van der Waals surface area contributed by atoms with Gasteiger partial charge in [0.05, 0.1) is 4.92 Å². The van der Waals surface area contributed by atoms with Crippen LogP contribution in [0.15, 0.2) is 46.8 Å². The number of nitro groups is 1. The SMILES string of the molecule is CCN(CC)C(=O)C1=C(C)NC2=C(C(=O)C(C)(C)CC2)[C@H]1c1cccc([N+](=O)[O-])c1. The average molecular weight is 412 g/mol. The Labute approximate surface area is 177 Å². The highest BCUT2D eigenvalue weighted by Crippen LogP contribution is 2.47. The molecule has 7 heteroatoms. The van der Waals surface area contributed by atoms with Gasteiger partial charge in [-0.2, -0.15) is 0 Å². The zero-order chi connectivity index (χ0) is 22.2. The maximum absolute atomic E-state index is 13.5. The smallest absolute Gasteiger partial charge is 0.269 e. The van der Waals surface area contributed by atoms with Crippen molar-refractivity contribution in [2.24, 2.45) is 5.41 Å². The molecule has 3 rings (SSSR count). The van der Waals surface area contributed by atoms with Crippen molar-refractivity contribution < 1.29 is 14.5 Å². The van der Waals surface area contributed by atoms with Crippen molar-refractivity contribution in [3.8, 4) is 0 Å². The van der Waals surface area contributed by atoms with Crippen LogP contribution in [0.2, 0.25) is 0 Å². The van der Waals surface area contributed by atoms with Gasteiger partial charge in [0, 0.05) is 59.1 Å². The summed E-state index contributed by atoms with van der Waals surface area (Å²) in [5.41, 5.74) is 2.58. The zero-order valence-electron chi connectivity index (χ0n) is 18.2. The number of benzene rings is 1. The van der Waals surface area contributed by atoms with Crippen LogP contribution in [0.5, 0.6) is 0 Å². The number of hydrogen-bond acceptors (Lipinski definition) is 5. The summed E-state index contributed by atoms with van der Waals surface area (Å²) in [6, 6.07) is 6.29. The van der Waals surface area contributed by atoms with Crippen LogP contribution in [0.4, 0.5) is 5.69 Å². The number of likely N-dealkylation sites (N-methyl/N-ethyl adjacent to an activating group) is 1. The van der Waals surface area contributed by atoms with E-state index in [0.29, 0.717) is 48.3 Å². The first-order valence-electron chi connectivity index (χ1n) is 10.4. The number of Topliss-reactive ketones (excluding diaryl/α,β-unsaturated/α-hetero) is 1. The van der Waals surface area contributed by atoms with E-state index >= 15 is 0 Å². The standard InChI is InChI=1S/C23H29N3O4/c1-6-25(7-2)22(28)18-14(3)24-17-11-12-23(4,5)21(27)20(17)19(18)15-9-8-10-16(13-15)26(29)30/h8-10,13,19,24H,6-7,11-12H2,1-5H3/t19-/m0/s1. The second-order valence-corrected chi connectivity index (χ2v) is 8.53. The van der Waals surface area contributed by atoms with Gasteiger partial charge >= 0.3 is 0 Å². The largest absolute Gasteiger partial charge is 0.362 e. The minimum absolute atomic E-state index is 0.00916. The molecule has 7 nitrogen and oxygen atoms in total. The maximum atomic E-state index is 13.5. The minimum Gasteiger partial charge on any atom is -0.362 e. The lowest BCUT2D eigenvalue weighted by Gasteiger charge is -2.40. The quantitative estimate of drug-likeness (QED) is 0.582. The molecule has 1 amide bonds. The van der Waals surface area contributed by atoms with E-state index in [9.17, 15) is 19.7 Å². The molecule has 1 aliphatic carbocycles. The van der Waals surface area contributed by atoms with E-state index in [1.165, 1.54) is 12.1 Å². The van der Waals surface area contributed by atoms with E-state index in [1.807, 2.05) is 34.6 Å². The summed E-state index contributed by atoms with van der Waals surface area (Å²) in [4.78, 5) is 39.6. The number of nitro benzene ring substituents is 1. The number of nitrogens with one attached hydrogen (secondary N) is 1. The van der Waals surface area contributed by atoms with Gasteiger partial charge < -0.3 is 10.2 Å². The molecule has 160 valence electrons. The van der Waals surface area contributed by atoms with Gasteiger partial charge in [-0.3, -0.25) is 19.7 Å². The lowest BCUT2D eigenvalue weighted by atomic mass is 9.67. The lowest BCUT2D eigenvalue weighted by Crippen LogP contribution is -2.43. The summed E-state index contributed by atoms with van der Waals surface area (Å²) in [7, 11) is 0. The van der Waals surface area contributed by atoms with Crippen molar-refractivity contribution in [1.82, 2.24) is 10.2 Å². The molecule has 1 atom stereocenters. The Morgan fingerprint density at radius 2 is 1.97 bits per heavy atom. The first kappa shape index (κ1) is 21.7. The molecule has 2 aliphatic rings. The zero-order valence-corrected chi connectivity index (χ0v) is 18.2. The van der Waals surface area contributed by atoms with Gasteiger partial charge in [0.25, 0.3) is 11.6 Å². The highest BCUT2D eigenvalue weighted by molar-refractivity contribution is 6.07. The van der Waals surface area contributed by atoms with Gasteiger partial charge in [-0.05, 0) is 39.2 Å². The predicted octanol–water partition coefficient (Wildman–Crippen LogP) is 4.07. The van der Waals surface area contributed by atoms with Gasteiger partial charge in [0.15, 0.2) is 5.78 Å². The Kier molecular flexibility index (Phi) is 5.83. The second-order valence-electron chi connectivity index (χ2n) is 8.53.